The number of imidazole rings is 1. The van der Waals surface area contributed by atoms with E-state index in [9.17, 15) is 9.59 Å². The Bertz CT molecular complexity index is 1540. The van der Waals surface area contributed by atoms with E-state index in [4.69, 9.17) is 4.98 Å². The van der Waals surface area contributed by atoms with Gasteiger partial charge in [-0.05, 0) is 86.2 Å². The lowest BCUT2D eigenvalue weighted by Crippen LogP contribution is -2.42. The van der Waals surface area contributed by atoms with Crippen molar-refractivity contribution in [2.45, 2.75) is 104 Å². The molecule has 0 spiro atoms. The molecule has 7 heteroatoms. The molecule has 1 unspecified atom stereocenters. The van der Waals surface area contributed by atoms with Crippen molar-refractivity contribution in [1.29, 1.82) is 0 Å². The number of thiophene rings is 1. The van der Waals surface area contributed by atoms with Gasteiger partial charge in [-0.2, -0.15) is 0 Å². The van der Waals surface area contributed by atoms with Crippen LogP contribution in [0.1, 0.15) is 112 Å². The molecule has 246 valence electrons. The minimum atomic E-state index is -0.341. The van der Waals surface area contributed by atoms with Gasteiger partial charge >= 0.3 is 0 Å². The number of piperidine rings is 1. The zero-order valence-corrected chi connectivity index (χ0v) is 29.0. The van der Waals surface area contributed by atoms with Crippen LogP contribution < -0.4 is 5.32 Å². The molecule has 2 aromatic heterocycles. The van der Waals surface area contributed by atoms with Crippen LogP contribution in [0, 0.1) is 11.8 Å². The van der Waals surface area contributed by atoms with Crippen molar-refractivity contribution in [3.8, 4) is 0 Å². The first-order valence-corrected chi connectivity index (χ1v) is 18.4. The van der Waals surface area contributed by atoms with Crippen LogP contribution >= 0.6 is 11.3 Å². The summed E-state index contributed by atoms with van der Waals surface area (Å²) < 4.78 is 2.38. The summed E-state index contributed by atoms with van der Waals surface area (Å²) in [4.78, 5) is 36.1. The summed E-state index contributed by atoms with van der Waals surface area (Å²) in [6.45, 7) is 11.4. The van der Waals surface area contributed by atoms with Crippen molar-refractivity contribution in [2.24, 2.45) is 11.8 Å². The lowest BCUT2D eigenvalue weighted by molar-refractivity contribution is -0.125. The zero-order valence-electron chi connectivity index (χ0n) is 28.2. The first kappa shape index (κ1) is 34.1. The molecule has 2 aromatic carbocycles. The van der Waals surface area contributed by atoms with Crippen molar-refractivity contribution in [3.63, 3.8) is 0 Å². The van der Waals surface area contributed by atoms with Gasteiger partial charge in [-0.15, -0.1) is 11.3 Å². The summed E-state index contributed by atoms with van der Waals surface area (Å²) in [5.41, 5.74) is 3.93. The van der Waals surface area contributed by atoms with Gasteiger partial charge in [0.2, 0.25) is 5.91 Å². The largest absolute Gasteiger partial charge is 0.356 e. The molecule has 0 radical (unpaired) electrons. The Morgan fingerprint density at radius 1 is 1.02 bits per heavy atom. The van der Waals surface area contributed by atoms with Gasteiger partial charge in [-0.3, -0.25) is 14.5 Å². The minimum absolute atomic E-state index is 0.00444. The van der Waals surface area contributed by atoms with Crippen LogP contribution in [0.4, 0.5) is 0 Å². The van der Waals surface area contributed by atoms with Crippen LogP contribution in [0.3, 0.4) is 0 Å². The lowest BCUT2D eigenvalue weighted by atomic mass is 9.89. The van der Waals surface area contributed by atoms with Crippen LogP contribution in [-0.4, -0.2) is 45.3 Å². The smallest absolute Gasteiger partial charge is 0.223 e. The Labute approximate surface area is 279 Å². The number of Topliss-reactive ketones (excluding diaryl/α,β-unsaturated/α-hetero) is 1. The lowest BCUT2D eigenvalue weighted by Gasteiger charge is -2.36. The number of carbonyl (C=O) groups excluding carboxylic acids is 2. The van der Waals surface area contributed by atoms with Crippen molar-refractivity contribution >= 4 is 34.1 Å². The molecular weight excluding hydrogens is 589 g/mol. The second-order valence-electron chi connectivity index (χ2n) is 13.5. The van der Waals surface area contributed by atoms with Gasteiger partial charge < -0.3 is 9.88 Å². The summed E-state index contributed by atoms with van der Waals surface area (Å²) in [5, 5.41) is 5.34. The third kappa shape index (κ3) is 8.74. The van der Waals surface area contributed by atoms with Crippen LogP contribution in [-0.2, 0) is 17.8 Å². The van der Waals surface area contributed by atoms with E-state index in [1.807, 2.05) is 12.1 Å². The number of nitrogens with one attached hydrogen (secondary N) is 1. The molecule has 1 fully saturated rings. The van der Waals surface area contributed by atoms with Crippen LogP contribution in [0.5, 0.6) is 0 Å². The van der Waals surface area contributed by atoms with E-state index in [-0.39, 0.29) is 24.0 Å². The average molecular weight is 641 g/mol. The molecular formula is C39H52N4O2S. The number of amides is 1. The number of hydrogen-bond donors (Lipinski definition) is 1. The maximum atomic E-state index is 13.7. The van der Waals surface area contributed by atoms with Gasteiger partial charge in [-0.1, -0.05) is 70.5 Å². The topological polar surface area (TPSA) is 67.2 Å². The molecule has 1 amide bonds. The number of hydrogen-bond acceptors (Lipinski definition) is 5. The molecule has 1 saturated heterocycles. The Hall–Kier alpha value is -3.29. The molecule has 46 heavy (non-hydrogen) atoms. The highest BCUT2D eigenvalue weighted by Gasteiger charge is 2.26. The molecule has 6 nitrogen and oxygen atoms in total. The second kappa shape index (κ2) is 16.5. The van der Waals surface area contributed by atoms with Gasteiger partial charge in [0.1, 0.15) is 5.82 Å². The number of fused-ring (bicyclic) bond motifs is 1. The summed E-state index contributed by atoms with van der Waals surface area (Å²) >= 11 is 1.75. The molecule has 5 rings (SSSR count). The monoisotopic (exact) mass is 640 g/mol. The fraction of sp³-hybridized carbons (Fsp3) is 0.513. The average Bonchev–Trinajstić information content (AvgIpc) is 3.70. The molecule has 0 aliphatic carbocycles. The van der Waals surface area contributed by atoms with E-state index in [2.05, 4.69) is 96.4 Å². The predicted molar refractivity (Wildman–Crippen MR) is 190 cm³/mol. The third-order valence-corrected chi connectivity index (χ3v) is 10.5. The van der Waals surface area contributed by atoms with E-state index in [1.54, 1.807) is 11.3 Å². The quantitative estimate of drug-likeness (QED) is 0.124. The van der Waals surface area contributed by atoms with Crippen molar-refractivity contribution in [3.05, 3.63) is 87.9 Å². The van der Waals surface area contributed by atoms with E-state index >= 15 is 0 Å². The number of nitrogens with zero attached hydrogens (tertiary/aromatic N) is 3. The highest BCUT2D eigenvalue weighted by atomic mass is 32.1. The van der Waals surface area contributed by atoms with Crippen molar-refractivity contribution in [2.75, 3.05) is 13.1 Å². The number of ketones is 1. The molecule has 1 N–H and O–H groups in total. The third-order valence-electron chi connectivity index (χ3n) is 9.62. The molecule has 0 saturated carbocycles. The molecule has 1 aliphatic rings. The number of carbonyl (C=O) groups is 2. The first-order valence-electron chi connectivity index (χ1n) is 17.5. The zero-order chi connectivity index (χ0) is 32.5. The van der Waals surface area contributed by atoms with E-state index in [0.717, 1.165) is 55.6 Å². The van der Waals surface area contributed by atoms with Gasteiger partial charge in [0, 0.05) is 54.4 Å². The molecule has 0 bridgehead atoms. The fourth-order valence-corrected chi connectivity index (χ4v) is 7.89. The normalized spacial score (nSPS) is 16.3. The van der Waals surface area contributed by atoms with E-state index in [0.29, 0.717) is 36.5 Å². The van der Waals surface area contributed by atoms with Crippen LogP contribution in [0.15, 0.2) is 66.0 Å². The summed E-state index contributed by atoms with van der Waals surface area (Å²) in [6, 6.07) is 21.7. The van der Waals surface area contributed by atoms with E-state index in [1.165, 1.54) is 29.7 Å². The molecule has 1 aliphatic heterocycles. The highest BCUT2D eigenvalue weighted by Crippen LogP contribution is 2.29. The fourth-order valence-electron chi connectivity index (χ4n) is 7.19. The van der Waals surface area contributed by atoms with Crippen molar-refractivity contribution < 1.29 is 9.59 Å². The maximum Gasteiger partial charge on any atom is 0.223 e. The Kier molecular flexibility index (Phi) is 12.2. The summed E-state index contributed by atoms with van der Waals surface area (Å²) in [7, 11) is 0. The van der Waals surface area contributed by atoms with Gasteiger partial charge in [0.15, 0.2) is 5.78 Å². The standard InChI is InChI=1S/C39H52N4O2S/c1-5-32(6-2)43-36-18-17-30(24-35(36)41-38(43)26-34-16-12-22-46-34)37(44)25-31(23-28(3)4)39(45)40-20-19-33-15-10-11-21-42(33)27-29-13-8-7-9-14-29/h7-9,12-14,16-18,22,24,28,31-33H,5-6,10-11,15,19-21,23,25-27H2,1-4H3,(H,40,45)/t31-,33?/m1/s1. The predicted octanol–water partition coefficient (Wildman–Crippen LogP) is 8.85. The first-order chi connectivity index (χ1) is 22.4. The second-order valence-corrected chi connectivity index (χ2v) is 14.5. The SMILES string of the molecule is CCC(CC)n1c(Cc2cccs2)nc2cc(C(=O)C[C@@H](CC(C)C)C(=O)NCCC3CCCCN3Cc3ccccc3)ccc21. The Morgan fingerprint density at radius 2 is 1.83 bits per heavy atom. The maximum absolute atomic E-state index is 13.7. The Balaban J connectivity index is 1.25. The molecule has 4 aromatic rings. The Morgan fingerprint density at radius 3 is 2.54 bits per heavy atom. The van der Waals surface area contributed by atoms with Gasteiger partial charge in [-0.25, -0.2) is 4.98 Å². The number of rotatable bonds is 16. The van der Waals surface area contributed by atoms with E-state index < -0.39 is 0 Å². The summed E-state index contributed by atoms with van der Waals surface area (Å²) in [5.74, 6) is 1.05. The minimum Gasteiger partial charge on any atom is -0.356 e. The molecule has 3 heterocycles. The summed E-state index contributed by atoms with van der Waals surface area (Å²) in [6.07, 6.45) is 8.32. The number of benzene rings is 2. The van der Waals surface area contributed by atoms with Crippen molar-refractivity contribution in [1.82, 2.24) is 19.8 Å². The number of likely N-dealkylation sites (tertiary alicyclic amines) is 1. The van der Waals surface area contributed by atoms with Gasteiger partial charge in [0.25, 0.3) is 0 Å². The van der Waals surface area contributed by atoms with Gasteiger partial charge in [0.05, 0.1) is 11.0 Å². The van der Waals surface area contributed by atoms with Crippen LogP contribution in [0.25, 0.3) is 11.0 Å². The molecule has 2 atom stereocenters. The number of aromatic nitrogens is 2. The highest BCUT2D eigenvalue weighted by molar-refractivity contribution is 7.09. The van der Waals surface area contributed by atoms with Crippen LogP contribution in [0.2, 0.25) is 0 Å².